The third-order valence-electron chi connectivity index (χ3n) is 1.55. The average Bonchev–Trinajstić information content (AvgIpc) is 1.98. The Bertz CT molecular complexity index is 245. The summed E-state index contributed by atoms with van der Waals surface area (Å²) in [5.41, 5.74) is 1.24. The van der Waals surface area contributed by atoms with E-state index in [4.69, 9.17) is 5.11 Å². The summed E-state index contributed by atoms with van der Waals surface area (Å²) in [7, 11) is 0. The highest BCUT2D eigenvalue weighted by Crippen LogP contribution is 2.19. The molecule has 1 nitrogen and oxygen atoms in total. The van der Waals surface area contributed by atoms with Crippen molar-refractivity contribution in [1.29, 1.82) is 0 Å². The Balaban J connectivity index is 2.93. The zero-order chi connectivity index (χ0) is 8.27. The minimum atomic E-state index is 0.369. The standard InChI is InChI=1S/C9H11IO/c1-2-3-7-6-8(11)4-5-9(7)10/h4-6,11H,2-3H2,1H3. The molecule has 1 aromatic carbocycles. The van der Waals surface area contributed by atoms with E-state index in [1.807, 2.05) is 12.1 Å². The van der Waals surface area contributed by atoms with Gasteiger partial charge in [0.05, 0.1) is 0 Å². The van der Waals surface area contributed by atoms with Crippen LogP contribution in [0.15, 0.2) is 18.2 Å². The average molecular weight is 262 g/mol. The highest BCUT2D eigenvalue weighted by Gasteiger charge is 1.98. The van der Waals surface area contributed by atoms with Crippen molar-refractivity contribution in [3.63, 3.8) is 0 Å². The molecular weight excluding hydrogens is 251 g/mol. The van der Waals surface area contributed by atoms with Crippen molar-refractivity contribution in [2.75, 3.05) is 0 Å². The molecule has 2 heteroatoms. The predicted octanol–water partition coefficient (Wildman–Crippen LogP) is 2.95. The highest BCUT2D eigenvalue weighted by molar-refractivity contribution is 14.1. The number of rotatable bonds is 2. The highest BCUT2D eigenvalue weighted by atomic mass is 127. The quantitative estimate of drug-likeness (QED) is 0.812. The molecule has 0 heterocycles. The molecule has 0 spiro atoms. The zero-order valence-corrected chi connectivity index (χ0v) is 8.63. The molecule has 0 atom stereocenters. The van der Waals surface area contributed by atoms with Crippen LogP contribution < -0.4 is 0 Å². The molecule has 0 aliphatic carbocycles. The van der Waals surface area contributed by atoms with E-state index in [0.29, 0.717) is 5.75 Å². The van der Waals surface area contributed by atoms with Gasteiger partial charge in [-0.15, -0.1) is 0 Å². The molecule has 0 radical (unpaired) electrons. The van der Waals surface area contributed by atoms with E-state index in [1.54, 1.807) is 6.07 Å². The third-order valence-corrected chi connectivity index (χ3v) is 2.60. The van der Waals surface area contributed by atoms with E-state index >= 15 is 0 Å². The van der Waals surface area contributed by atoms with Crippen molar-refractivity contribution in [2.45, 2.75) is 19.8 Å². The maximum Gasteiger partial charge on any atom is 0.115 e. The predicted molar refractivity (Wildman–Crippen MR) is 54.8 cm³/mol. The molecule has 0 amide bonds. The molecule has 60 valence electrons. The van der Waals surface area contributed by atoms with Crippen LogP contribution in [-0.4, -0.2) is 5.11 Å². The van der Waals surface area contributed by atoms with Crippen molar-refractivity contribution in [2.24, 2.45) is 0 Å². The summed E-state index contributed by atoms with van der Waals surface area (Å²) in [6.45, 7) is 2.14. The van der Waals surface area contributed by atoms with E-state index in [0.717, 1.165) is 12.8 Å². The SMILES string of the molecule is CCCc1cc(O)ccc1I. The topological polar surface area (TPSA) is 20.2 Å². The fourth-order valence-electron chi connectivity index (χ4n) is 1.02. The molecule has 0 fully saturated rings. The van der Waals surface area contributed by atoms with Gasteiger partial charge in [0, 0.05) is 3.57 Å². The number of benzene rings is 1. The first-order valence-corrected chi connectivity index (χ1v) is 4.79. The van der Waals surface area contributed by atoms with Crippen LogP contribution in [0.1, 0.15) is 18.9 Å². The summed E-state index contributed by atoms with van der Waals surface area (Å²) in [6, 6.07) is 5.51. The lowest BCUT2D eigenvalue weighted by atomic mass is 10.1. The number of hydrogen-bond donors (Lipinski definition) is 1. The molecule has 1 rings (SSSR count). The molecule has 0 aliphatic heterocycles. The van der Waals surface area contributed by atoms with Gasteiger partial charge in [-0.1, -0.05) is 13.3 Å². The van der Waals surface area contributed by atoms with E-state index < -0.39 is 0 Å². The van der Waals surface area contributed by atoms with Gasteiger partial charge in [0.15, 0.2) is 0 Å². The molecule has 0 saturated carbocycles. The molecule has 1 N–H and O–H groups in total. The number of phenols is 1. The number of aromatic hydroxyl groups is 1. The van der Waals surface area contributed by atoms with E-state index in [9.17, 15) is 0 Å². The van der Waals surface area contributed by atoms with Crippen LogP contribution >= 0.6 is 22.6 Å². The minimum absolute atomic E-state index is 0.369. The normalized spacial score (nSPS) is 10.0. The molecule has 0 saturated heterocycles. The third kappa shape index (κ3) is 2.36. The summed E-state index contributed by atoms with van der Waals surface area (Å²) in [6.07, 6.45) is 2.17. The molecule has 0 bridgehead atoms. The Morgan fingerprint density at radius 3 is 2.82 bits per heavy atom. The van der Waals surface area contributed by atoms with Gasteiger partial charge in [0.2, 0.25) is 0 Å². The second-order valence-electron chi connectivity index (χ2n) is 2.53. The Morgan fingerprint density at radius 1 is 1.45 bits per heavy atom. The maximum atomic E-state index is 9.16. The molecule has 0 aliphatic rings. The van der Waals surface area contributed by atoms with Gasteiger partial charge in [-0.3, -0.25) is 0 Å². The minimum Gasteiger partial charge on any atom is -0.508 e. The van der Waals surface area contributed by atoms with Crippen LogP contribution in [0.5, 0.6) is 5.75 Å². The van der Waals surface area contributed by atoms with E-state index in [1.165, 1.54) is 9.13 Å². The number of aryl methyl sites for hydroxylation is 1. The van der Waals surface area contributed by atoms with Crippen molar-refractivity contribution in [3.05, 3.63) is 27.3 Å². The lowest BCUT2D eigenvalue weighted by Gasteiger charge is -2.02. The van der Waals surface area contributed by atoms with Gasteiger partial charge in [-0.2, -0.15) is 0 Å². The molecule has 0 aromatic heterocycles. The van der Waals surface area contributed by atoms with E-state index in [-0.39, 0.29) is 0 Å². The van der Waals surface area contributed by atoms with Gasteiger partial charge < -0.3 is 5.11 Å². The van der Waals surface area contributed by atoms with Crippen molar-refractivity contribution < 1.29 is 5.11 Å². The Morgan fingerprint density at radius 2 is 2.18 bits per heavy atom. The van der Waals surface area contributed by atoms with Crippen molar-refractivity contribution in [3.8, 4) is 5.75 Å². The second-order valence-corrected chi connectivity index (χ2v) is 3.69. The Kier molecular flexibility index (Phi) is 3.17. The number of phenolic OH excluding ortho intramolecular Hbond substituents is 1. The number of halogens is 1. The fraction of sp³-hybridized carbons (Fsp3) is 0.333. The summed E-state index contributed by atoms with van der Waals surface area (Å²) in [5.74, 6) is 0.369. The smallest absolute Gasteiger partial charge is 0.115 e. The summed E-state index contributed by atoms with van der Waals surface area (Å²) < 4.78 is 1.24. The first kappa shape index (κ1) is 8.84. The lowest BCUT2D eigenvalue weighted by molar-refractivity contribution is 0.474. The van der Waals surface area contributed by atoms with Gasteiger partial charge in [-0.05, 0) is 52.8 Å². The monoisotopic (exact) mass is 262 g/mol. The van der Waals surface area contributed by atoms with Crippen LogP contribution in [0.4, 0.5) is 0 Å². The van der Waals surface area contributed by atoms with Gasteiger partial charge in [0.1, 0.15) is 5.75 Å². The van der Waals surface area contributed by atoms with Crippen LogP contribution in [0.25, 0.3) is 0 Å². The van der Waals surface area contributed by atoms with Crippen molar-refractivity contribution in [1.82, 2.24) is 0 Å². The maximum absolute atomic E-state index is 9.16. The first-order chi connectivity index (χ1) is 5.24. The van der Waals surface area contributed by atoms with Gasteiger partial charge >= 0.3 is 0 Å². The lowest BCUT2D eigenvalue weighted by Crippen LogP contribution is -1.86. The first-order valence-electron chi connectivity index (χ1n) is 3.71. The second kappa shape index (κ2) is 3.95. The largest absolute Gasteiger partial charge is 0.508 e. The molecule has 1 aromatic rings. The summed E-state index contributed by atoms with van der Waals surface area (Å²) in [4.78, 5) is 0. The Labute approximate surface area is 80.6 Å². The van der Waals surface area contributed by atoms with Crippen LogP contribution in [0.2, 0.25) is 0 Å². The molecule has 0 unspecified atom stereocenters. The van der Waals surface area contributed by atoms with Gasteiger partial charge in [-0.25, -0.2) is 0 Å². The van der Waals surface area contributed by atoms with Crippen LogP contribution in [0, 0.1) is 3.57 Å². The summed E-state index contributed by atoms with van der Waals surface area (Å²) in [5, 5.41) is 9.16. The summed E-state index contributed by atoms with van der Waals surface area (Å²) >= 11 is 2.29. The van der Waals surface area contributed by atoms with Crippen LogP contribution in [-0.2, 0) is 6.42 Å². The van der Waals surface area contributed by atoms with Crippen molar-refractivity contribution >= 4 is 22.6 Å². The number of hydrogen-bond acceptors (Lipinski definition) is 1. The molecule has 11 heavy (non-hydrogen) atoms. The zero-order valence-electron chi connectivity index (χ0n) is 6.47. The van der Waals surface area contributed by atoms with Crippen LogP contribution in [0.3, 0.4) is 0 Å². The molecular formula is C9H11IO. The fourth-order valence-corrected chi connectivity index (χ4v) is 1.63. The van der Waals surface area contributed by atoms with Gasteiger partial charge in [0.25, 0.3) is 0 Å². The van der Waals surface area contributed by atoms with E-state index in [2.05, 4.69) is 29.5 Å². The Hall–Kier alpha value is -0.250.